The lowest BCUT2D eigenvalue weighted by atomic mass is 9.54. The zero-order valence-corrected chi connectivity index (χ0v) is 16.3. The van der Waals surface area contributed by atoms with Crippen molar-refractivity contribution in [2.24, 2.45) is 11.1 Å². The van der Waals surface area contributed by atoms with Crippen molar-refractivity contribution in [3.05, 3.63) is 35.4 Å². The summed E-state index contributed by atoms with van der Waals surface area (Å²) in [5, 5.41) is 2.85. The molecule has 2 rings (SSSR count). The van der Waals surface area contributed by atoms with Gasteiger partial charge in [-0.3, -0.25) is 4.79 Å². The first kappa shape index (κ1) is 21.7. The Bertz CT molecular complexity index is 675. The third-order valence-electron chi connectivity index (χ3n) is 5.88. The SMILES string of the molecule is CCOC1CC(N)(C(=O)NCCC(C)c2cccc(C(F)(F)F)c2)C1(C)C. The van der Waals surface area contributed by atoms with Crippen LogP contribution in [0.1, 0.15) is 57.6 Å². The fourth-order valence-electron chi connectivity index (χ4n) is 3.57. The summed E-state index contributed by atoms with van der Waals surface area (Å²) in [6.07, 6.45) is -3.42. The molecule has 3 unspecified atom stereocenters. The van der Waals surface area contributed by atoms with Crippen molar-refractivity contribution in [2.75, 3.05) is 13.2 Å². The van der Waals surface area contributed by atoms with Crippen LogP contribution in [0, 0.1) is 5.41 Å². The van der Waals surface area contributed by atoms with Crippen LogP contribution in [0.2, 0.25) is 0 Å². The van der Waals surface area contributed by atoms with Gasteiger partial charge in [0.1, 0.15) is 5.54 Å². The maximum atomic E-state index is 12.8. The molecule has 1 aromatic rings. The smallest absolute Gasteiger partial charge is 0.378 e. The van der Waals surface area contributed by atoms with Crippen molar-refractivity contribution in [3.8, 4) is 0 Å². The normalized spacial score (nSPS) is 25.6. The average molecular weight is 386 g/mol. The van der Waals surface area contributed by atoms with Crippen LogP contribution in [0.4, 0.5) is 13.2 Å². The lowest BCUT2D eigenvalue weighted by Gasteiger charge is -2.57. The lowest BCUT2D eigenvalue weighted by molar-refractivity contribution is -0.170. The quantitative estimate of drug-likeness (QED) is 0.748. The molecule has 1 fully saturated rings. The third kappa shape index (κ3) is 4.29. The van der Waals surface area contributed by atoms with Gasteiger partial charge in [-0.2, -0.15) is 13.2 Å². The molecule has 0 bridgehead atoms. The Morgan fingerprint density at radius 2 is 2.07 bits per heavy atom. The molecular formula is C20H29F3N2O2. The van der Waals surface area contributed by atoms with Crippen LogP contribution in [0.25, 0.3) is 0 Å². The zero-order chi connectivity index (χ0) is 20.5. The van der Waals surface area contributed by atoms with Crippen molar-refractivity contribution in [2.45, 2.75) is 64.3 Å². The van der Waals surface area contributed by atoms with Gasteiger partial charge in [0.2, 0.25) is 5.91 Å². The van der Waals surface area contributed by atoms with Crippen molar-refractivity contribution in [1.29, 1.82) is 0 Å². The van der Waals surface area contributed by atoms with E-state index in [0.29, 0.717) is 31.6 Å². The molecule has 27 heavy (non-hydrogen) atoms. The molecule has 1 amide bonds. The highest BCUT2D eigenvalue weighted by atomic mass is 19.4. The van der Waals surface area contributed by atoms with Gasteiger partial charge in [0.15, 0.2) is 0 Å². The van der Waals surface area contributed by atoms with Crippen LogP contribution in [0.15, 0.2) is 24.3 Å². The molecule has 1 aliphatic carbocycles. The minimum Gasteiger partial charge on any atom is -0.378 e. The Balaban J connectivity index is 1.90. The van der Waals surface area contributed by atoms with Crippen molar-refractivity contribution >= 4 is 5.91 Å². The predicted octanol–water partition coefficient (Wildman–Crippen LogP) is 3.85. The highest BCUT2D eigenvalue weighted by Crippen LogP contribution is 2.49. The Morgan fingerprint density at radius 1 is 1.41 bits per heavy atom. The Labute approximate surface area is 158 Å². The first-order chi connectivity index (χ1) is 12.4. The Hall–Kier alpha value is -1.60. The van der Waals surface area contributed by atoms with E-state index in [0.717, 1.165) is 6.07 Å². The number of hydrogen-bond donors (Lipinski definition) is 2. The molecule has 152 valence electrons. The predicted molar refractivity (Wildman–Crippen MR) is 98.2 cm³/mol. The van der Waals surface area contributed by atoms with Crippen molar-refractivity contribution < 1.29 is 22.7 Å². The molecule has 0 radical (unpaired) electrons. The van der Waals surface area contributed by atoms with Crippen molar-refractivity contribution in [3.63, 3.8) is 0 Å². The second-order valence-corrected chi connectivity index (χ2v) is 7.91. The number of carbonyl (C=O) groups excluding carboxylic acids is 1. The number of ether oxygens (including phenoxy) is 1. The molecule has 0 saturated heterocycles. The second-order valence-electron chi connectivity index (χ2n) is 7.91. The molecule has 0 heterocycles. The van der Waals surface area contributed by atoms with E-state index in [-0.39, 0.29) is 17.9 Å². The summed E-state index contributed by atoms with van der Waals surface area (Å²) in [4.78, 5) is 12.6. The monoisotopic (exact) mass is 386 g/mol. The van der Waals surface area contributed by atoms with E-state index in [1.165, 1.54) is 12.1 Å². The average Bonchev–Trinajstić information content (AvgIpc) is 2.60. The van der Waals surface area contributed by atoms with E-state index in [1.807, 2.05) is 27.7 Å². The van der Waals surface area contributed by atoms with E-state index in [1.54, 1.807) is 6.07 Å². The molecule has 3 atom stereocenters. The number of nitrogens with one attached hydrogen (secondary N) is 1. The fourth-order valence-corrected chi connectivity index (χ4v) is 3.57. The highest BCUT2D eigenvalue weighted by Gasteiger charge is 2.62. The molecule has 0 aromatic heterocycles. The number of halogens is 3. The first-order valence-corrected chi connectivity index (χ1v) is 9.29. The molecule has 4 nitrogen and oxygen atoms in total. The zero-order valence-electron chi connectivity index (χ0n) is 16.3. The molecular weight excluding hydrogens is 357 g/mol. The van der Waals surface area contributed by atoms with Gasteiger partial charge in [-0.15, -0.1) is 0 Å². The number of amides is 1. The Morgan fingerprint density at radius 3 is 2.63 bits per heavy atom. The molecule has 0 aliphatic heterocycles. The minimum atomic E-state index is -4.36. The van der Waals surface area contributed by atoms with Gasteiger partial charge in [0, 0.05) is 25.0 Å². The summed E-state index contributed by atoms with van der Waals surface area (Å²) in [7, 11) is 0. The number of carbonyl (C=O) groups is 1. The minimum absolute atomic E-state index is 0.0534. The van der Waals surface area contributed by atoms with Crippen LogP contribution in [-0.4, -0.2) is 30.7 Å². The van der Waals surface area contributed by atoms with Gasteiger partial charge in [0.25, 0.3) is 0 Å². The highest BCUT2D eigenvalue weighted by molar-refractivity contribution is 5.88. The molecule has 1 aromatic carbocycles. The lowest BCUT2D eigenvalue weighted by Crippen LogP contribution is -2.75. The molecule has 7 heteroatoms. The summed E-state index contributed by atoms with van der Waals surface area (Å²) >= 11 is 0. The Kier molecular flexibility index (Phi) is 6.26. The third-order valence-corrected chi connectivity index (χ3v) is 5.88. The summed E-state index contributed by atoms with van der Waals surface area (Å²) in [6.45, 7) is 8.51. The van der Waals surface area contributed by atoms with Crippen LogP contribution in [0.5, 0.6) is 0 Å². The van der Waals surface area contributed by atoms with E-state index >= 15 is 0 Å². The van der Waals surface area contributed by atoms with Gasteiger partial charge >= 0.3 is 6.18 Å². The number of rotatable bonds is 7. The number of benzene rings is 1. The van der Waals surface area contributed by atoms with Gasteiger partial charge in [0.05, 0.1) is 11.7 Å². The van der Waals surface area contributed by atoms with E-state index in [2.05, 4.69) is 5.32 Å². The fraction of sp³-hybridized carbons (Fsp3) is 0.650. The standard InChI is InChI=1S/C20H29F3N2O2/c1-5-27-16-12-19(24,18(16,3)4)17(26)25-10-9-13(2)14-7-6-8-15(11-14)20(21,22)23/h6-8,11,13,16H,5,9-10,12,24H2,1-4H3,(H,25,26). The molecule has 0 spiro atoms. The van der Waals surface area contributed by atoms with Crippen LogP contribution in [0.3, 0.4) is 0 Å². The van der Waals surface area contributed by atoms with Crippen LogP contribution < -0.4 is 11.1 Å². The van der Waals surface area contributed by atoms with Crippen molar-refractivity contribution in [1.82, 2.24) is 5.32 Å². The number of alkyl halides is 3. The van der Waals surface area contributed by atoms with E-state index < -0.39 is 22.7 Å². The number of nitrogens with two attached hydrogens (primary N) is 1. The summed E-state index contributed by atoms with van der Waals surface area (Å²) in [6, 6.07) is 5.31. The second kappa shape index (κ2) is 7.80. The summed E-state index contributed by atoms with van der Waals surface area (Å²) < 4.78 is 44.2. The maximum Gasteiger partial charge on any atom is 0.416 e. The molecule has 1 saturated carbocycles. The van der Waals surface area contributed by atoms with Crippen LogP contribution in [-0.2, 0) is 15.7 Å². The summed E-state index contributed by atoms with van der Waals surface area (Å²) in [5.41, 5.74) is 4.80. The van der Waals surface area contributed by atoms with E-state index in [4.69, 9.17) is 10.5 Å². The van der Waals surface area contributed by atoms with Crippen LogP contribution >= 0.6 is 0 Å². The topological polar surface area (TPSA) is 64.3 Å². The van der Waals surface area contributed by atoms with Gasteiger partial charge in [-0.05, 0) is 30.9 Å². The van der Waals surface area contributed by atoms with Gasteiger partial charge < -0.3 is 15.8 Å². The van der Waals surface area contributed by atoms with Gasteiger partial charge in [-0.25, -0.2) is 0 Å². The number of hydrogen-bond acceptors (Lipinski definition) is 3. The largest absolute Gasteiger partial charge is 0.416 e. The maximum absolute atomic E-state index is 12.8. The van der Waals surface area contributed by atoms with E-state index in [9.17, 15) is 18.0 Å². The molecule has 1 aliphatic rings. The first-order valence-electron chi connectivity index (χ1n) is 9.29. The molecule has 3 N–H and O–H groups in total. The summed E-state index contributed by atoms with van der Waals surface area (Å²) in [5.74, 6) is -0.355. The van der Waals surface area contributed by atoms with Gasteiger partial charge in [-0.1, -0.05) is 39.0 Å².